The standard InChI is InChI=1S/C19H26BN3O3/c1-13(14-10-8-7-9-11-14)21-17(24)15-12-16(22-23(15)6)20-25-18(2,3)19(4,5)26-20/h7-13H,1-6H3,(H,21,24)/t13-/m1/s1. The Hall–Kier alpha value is -2.12. The monoisotopic (exact) mass is 355 g/mol. The summed E-state index contributed by atoms with van der Waals surface area (Å²) in [5.74, 6) is -0.181. The number of aromatic nitrogens is 2. The van der Waals surface area contributed by atoms with Gasteiger partial charge in [0.15, 0.2) is 0 Å². The van der Waals surface area contributed by atoms with Crippen LogP contribution < -0.4 is 10.9 Å². The highest BCUT2D eigenvalue weighted by molar-refractivity contribution is 6.61. The van der Waals surface area contributed by atoms with E-state index in [1.54, 1.807) is 17.8 Å². The molecule has 1 saturated heterocycles. The van der Waals surface area contributed by atoms with Crippen LogP contribution in [0.1, 0.15) is 56.7 Å². The molecular formula is C19H26BN3O3. The first-order valence-corrected chi connectivity index (χ1v) is 8.86. The van der Waals surface area contributed by atoms with Crippen LogP contribution in [0.5, 0.6) is 0 Å². The fraction of sp³-hybridized carbons (Fsp3) is 0.474. The molecule has 1 aromatic carbocycles. The molecule has 1 amide bonds. The van der Waals surface area contributed by atoms with Crippen LogP contribution in [0.15, 0.2) is 36.4 Å². The van der Waals surface area contributed by atoms with Crippen molar-refractivity contribution in [2.75, 3.05) is 0 Å². The number of hydrogen-bond acceptors (Lipinski definition) is 4. The molecule has 7 heteroatoms. The third-order valence-corrected chi connectivity index (χ3v) is 5.27. The average molecular weight is 355 g/mol. The molecule has 1 aliphatic heterocycles. The van der Waals surface area contributed by atoms with Gasteiger partial charge in [0.05, 0.1) is 22.8 Å². The van der Waals surface area contributed by atoms with Crippen molar-refractivity contribution in [3.8, 4) is 0 Å². The summed E-state index contributed by atoms with van der Waals surface area (Å²) < 4.78 is 13.6. The number of carbonyl (C=O) groups excluding carboxylic acids is 1. The third kappa shape index (κ3) is 3.41. The van der Waals surface area contributed by atoms with Gasteiger partial charge in [-0.1, -0.05) is 30.3 Å². The molecule has 0 bridgehead atoms. The number of rotatable bonds is 4. The molecule has 0 radical (unpaired) electrons. The predicted octanol–water partition coefficient (Wildman–Crippen LogP) is 2.21. The van der Waals surface area contributed by atoms with Crippen LogP contribution in [0.2, 0.25) is 0 Å². The van der Waals surface area contributed by atoms with Gasteiger partial charge in [0.1, 0.15) is 5.69 Å². The third-order valence-electron chi connectivity index (χ3n) is 5.27. The molecule has 0 unspecified atom stereocenters. The zero-order chi connectivity index (χ0) is 19.1. The molecule has 1 atom stereocenters. The fourth-order valence-corrected chi connectivity index (χ4v) is 2.88. The second-order valence-electron chi connectivity index (χ2n) is 7.77. The Morgan fingerprint density at radius 2 is 1.73 bits per heavy atom. The number of nitrogens with one attached hydrogen (secondary N) is 1. The van der Waals surface area contributed by atoms with Gasteiger partial charge in [-0.3, -0.25) is 9.48 Å². The maximum Gasteiger partial charge on any atom is 0.516 e. The van der Waals surface area contributed by atoms with Crippen LogP contribution in [0.3, 0.4) is 0 Å². The van der Waals surface area contributed by atoms with E-state index in [2.05, 4.69) is 10.4 Å². The van der Waals surface area contributed by atoms with E-state index in [-0.39, 0.29) is 11.9 Å². The molecule has 26 heavy (non-hydrogen) atoms. The summed E-state index contributed by atoms with van der Waals surface area (Å²) in [6.07, 6.45) is 0. The van der Waals surface area contributed by atoms with Crippen molar-refractivity contribution in [3.63, 3.8) is 0 Å². The minimum atomic E-state index is -0.584. The van der Waals surface area contributed by atoms with Crippen LogP contribution in [0.4, 0.5) is 0 Å². The second-order valence-corrected chi connectivity index (χ2v) is 7.77. The molecule has 0 spiro atoms. The highest BCUT2D eigenvalue weighted by Crippen LogP contribution is 2.36. The van der Waals surface area contributed by atoms with Crippen LogP contribution in [-0.2, 0) is 16.4 Å². The second kappa shape index (κ2) is 6.56. The van der Waals surface area contributed by atoms with Gasteiger partial charge in [-0.25, -0.2) is 0 Å². The lowest BCUT2D eigenvalue weighted by molar-refractivity contribution is 0.00578. The lowest BCUT2D eigenvalue weighted by Crippen LogP contribution is -2.41. The van der Waals surface area contributed by atoms with Gasteiger partial charge >= 0.3 is 7.12 Å². The molecule has 2 heterocycles. The number of aryl methyl sites for hydroxylation is 1. The molecule has 0 saturated carbocycles. The van der Waals surface area contributed by atoms with Gasteiger partial charge in [-0.2, -0.15) is 5.10 Å². The summed E-state index contributed by atoms with van der Waals surface area (Å²) in [6, 6.07) is 11.5. The molecule has 1 aromatic heterocycles. The van der Waals surface area contributed by atoms with Crippen LogP contribution in [0.25, 0.3) is 0 Å². The van der Waals surface area contributed by atoms with E-state index in [1.807, 2.05) is 65.0 Å². The van der Waals surface area contributed by atoms with Gasteiger partial charge in [-0.15, -0.1) is 0 Å². The Balaban J connectivity index is 1.75. The number of hydrogen-bond donors (Lipinski definition) is 1. The van der Waals surface area contributed by atoms with Crippen molar-refractivity contribution in [1.29, 1.82) is 0 Å². The maximum absolute atomic E-state index is 12.7. The zero-order valence-corrected chi connectivity index (χ0v) is 16.2. The van der Waals surface area contributed by atoms with E-state index in [4.69, 9.17) is 9.31 Å². The minimum Gasteiger partial charge on any atom is -0.398 e. The quantitative estimate of drug-likeness (QED) is 0.854. The Morgan fingerprint density at radius 1 is 1.15 bits per heavy atom. The van der Waals surface area contributed by atoms with E-state index < -0.39 is 18.3 Å². The van der Waals surface area contributed by atoms with E-state index in [9.17, 15) is 4.79 Å². The molecule has 1 N–H and O–H groups in total. The Kier molecular flexibility index (Phi) is 4.71. The molecule has 6 nitrogen and oxygen atoms in total. The van der Waals surface area contributed by atoms with Crippen molar-refractivity contribution < 1.29 is 14.1 Å². The fourth-order valence-electron chi connectivity index (χ4n) is 2.88. The van der Waals surface area contributed by atoms with Crippen molar-refractivity contribution in [1.82, 2.24) is 15.1 Å². The first-order valence-electron chi connectivity index (χ1n) is 8.86. The molecular weight excluding hydrogens is 329 g/mol. The van der Waals surface area contributed by atoms with Crippen LogP contribution in [-0.4, -0.2) is 34.0 Å². The van der Waals surface area contributed by atoms with Crippen molar-refractivity contribution in [2.45, 2.75) is 51.9 Å². The van der Waals surface area contributed by atoms with Gasteiger partial charge in [0.25, 0.3) is 5.91 Å². The predicted molar refractivity (Wildman–Crippen MR) is 101 cm³/mol. The first kappa shape index (κ1) is 18.7. The highest BCUT2D eigenvalue weighted by Gasteiger charge is 2.52. The van der Waals surface area contributed by atoms with Crippen molar-refractivity contribution in [2.24, 2.45) is 7.05 Å². The van der Waals surface area contributed by atoms with Gasteiger partial charge in [-0.05, 0) is 46.2 Å². The lowest BCUT2D eigenvalue weighted by Gasteiger charge is -2.32. The van der Waals surface area contributed by atoms with Gasteiger partial charge < -0.3 is 14.6 Å². The summed E-state index contributed by atoms with van der Waals surface area (Å²) in [7, 11) is 1.16. The van der Waals surface area contributed by atoms with Gasteiger partial charge in [0, 0.05) is 7.05 Å². The molecule has 2 aromatic rings. The van der Waals surface area contributed by atoms with Crippen molar-refractivity contribution in [3.05, 3.63) is 47.7 Å². The number of benzene rings is 1. The van der Waals surface area contributed by atoms with Gasteiger partial charge in [0.2, 0.25) is 0 Å². The molecule has 3 rings (SSSR count). The summed E-state index contributed by atoms with van der Waals surface area (Å²) in [6.45, 7) is 9.92. The number of carbonyl (C=O) groups is 1. The topological polar surface area (TPSA) is 65.4 Å². The largest absolute Gasteiger partial charge is 0.516 e. The SMILES string of the molecule is C[C@@H](NC(=O)c1cc(B2OC(C)(C)C(C)(C)O2)nn1C)c1ccccc1. The Bertz CT molecular complexity index is 786. The minimum absolute atomic E-state index is 0.0982. The smallest absolute Gasteiger partial charge is 0.398 e. The van der Waals surface area contributed by atoms with Crippen LogP contribution >= 0.6 is 0 Å². The number of amides is 1. The van der Waals surface area contributed by atoms with E-state index in [0.717, 1.165) is 5.56 Å². The zero-order valence-electron chi connectivity index (χ0n) is 16.2. The average Bonchev–Trinajstić information content (AvgIpc) is 3.05. The van der Waals surface area contributed by atoms with Crippen molar-refractivity contribution >= 4 is 18.6 Å². The Labute approximate surface area is 155 Å². The summed E-state index contributed by atoms with van der Waals surface area (Å²) in [5.41, 5.74) is 1.23. The lowest BCUT2D eigenvalue weighted by atomic mass is 9.85. The molecule has 1 fully saturated rings. The first-order chi connectivity index (χ1) is 12.1. The van der Waals surface area contributed by atoms with Crippen LogP contribution in [0, 0.1) is 0 Å². The number of nitrogens with zero attached hydrogens (tertiary/aromatic N) is 2. The van der Waals surface area contributed by atoms with E-state index in [1.165, 1.54) is 0 Å². The molecule has 138 valence electrons. The normalized spacial score (nSPS) is 19.4. The molecule has 1 aliphatic rings. The summed E-state index contributed by atoms with van der Waals surface area (Å²) in [5, 5.41) is 7.44. The maximum atomic E-state index is 12.7. The highest BCUT2D eigenvalue weighted by atomic mass is 16.7. The summed E-state index contributed by atoms with van der Waals surface area (Å²) >= 11 is 0. The summed E-state index contributed by atoms with van der Waals surface area (Å²) in [4.78, 5) is 12.7. The molecule has 0 aliphatic carbocycles. The van der Waals surface area contributed by atoms with E-state index in [0.29, 0.717) is 11.3 Å². The Morgan fingerprint density at radius 3 is 2.31 bits per heavy atom. The van der Waals surface area contributed by atoms with E-state index >= 15 is 0 Å².